The minimum atomic E-state index is -0.478. The Morgan fingerprint density at radius 1 is 1.26 bits per heavy atom. The number of primary amides is 1. The molecule has 1 aliphatic heterocycles. The van der Waals surface area contributed by atoms with Crippen molar-refractivity contribution in [2.75, 3.05) is 33.3 Å². The maximum atomic E-state index is 12.2. The van der Waals surface area contributed by atoms with Crippen molar-refractivity contribution in [3.8, 4) is 5.75 Å². The molecule has 1 aliphatic rings. The first-order chi connectivity index (χ1) is 11.1. The van der Waals surface area contributed by atoms with Gasteiger partial charge in [-0.25, -0.2) is 0 Å². The number of benzene rings is 1. The van der Waals surface area contributed by atoms with Gasteiger partial charge in [0.1, 0.15) is 5.75 Å². The lowest BCUT2D eigenvalue weighted by molar-refractivity contribution is -0.134. The lowest BCUT2D eigenvalue weighted by Crippen LogP contribution is -2.41. The first kappa shape index (κ1) is 17.3. The summed E-state index contributed by atoms with van der Waals surface area (Å²) in [6.07, 6.45) is 3.28. The molecule has 1 heterocycles. The summed E-state index contributed by atoms with van der Waals surface area (Å²) in [7, 11) is 1.96. The fourth-order valence-corrected chi connectivity index (χ4v) is 2.77. The Bertz CT molecular complexity index is 522. The second kappa shape index (κ2) is 8.53. The van der Waals surface area contributed by atoms with Gasteiger partial charge < -0.3 is 20.7 Å². The van der Waals surface area contributed by atoms with E-state index in [0.717, 1.165) is 32.5 Å². The molecular weight excluding hydrogens is 294 g/mol. The number of ether oxygens (including phenoxy) is 1. The largest absolute Gasteiger partial charge is 0.484 e. The summed E-state index contributed by atoms with van der Waals surface area (Å²) in [6, 6.07) is 6.49. The van der Waals surface area contributed by atoms with Crippen LogP contribution in [0.25, 0.3) is 0 Å². The van der Waals surface area contributed by atoms with Gasteiger partial charge in [0.2, 0.25) is 5.91 Å². The standard InChI is InChI=1S/C17H25N3O3/c1-19-9-6-13-7-10-20(11-8-13)16(21)12-23-15-4-2-14(3-5-15)17(18)22/h2-5,13,19H,6-12H2,1H3,(H2,18,22). The molecule has 1 aromatic carbocycles. The highest BCUT2D eigenvalue weighted by Crippen LogP contribution is 2.20. The molecule has 0 aromatic heterocycles. The van der Waals surface area contributed by atoms with Gasteiger partial charge >= 0.3 is 0 Å². The molecule has 1 aromatic rings. The van der Waals surface area contributed by atoms with Crippen LogP contribution in [-0.4, -0.2) is 50.0 Å². The molecule has 0 aliphatic carbocycles. The van der Waals surface area contributed by atoms with Crippen LogP contribution in [-0.2, 0) is 4.79 Å². The minimum absolute atomic E-state index is 0.0102. The van der Waals surface area contributed by atoms with Gasteiger partial charge in [-0.3, -0.25) is 9.59 Å². The number of nitrogens with two attached hydrogens (primary N) is 1. The van der Waals surface area contributed by atoms with Crippen molar-refractivity contribution in [2.45, 2.75) is 19.3 Å². The fraction of sp³-hybridized carbons (Fsp3) is 0.529. The molecule has 0 radical (unpaired) electrons. The van der Waals surface area contributed by atoms with Crippen molar-refractivity contribution in [1.82, 2.24) is 10.2 Å². The van der Waals surface area contributed by atoms with Gasteiger partial charge in [-0.15, -0.1) is 0 Å². The molecule has 0 saturated carbocycles. The van der Waals surface area contributed by atoms with Crippen LogP contribution < -0.4 is 15.8 Å². The number of likely N-dealkylation sites (tertiary alicyclic amines) is 1. The topological polar surface area (TPSA) is 84.7 Å². The van der Waals surface area contributed by atoms with E-state index in [-0.39, 0.29) is 12.5 Å². The van der Waals surface area contributed by atoms with Gasteiger partial charge in [-0.1, -0.05) is 0 Å². The monoisotopic (exact) mass is 319 g/mol. The van der Waals surface area contributed by atoms with Crippen LogP contribution in [0.5, 0.6) is 5.75 Å². The van der Waals surface area contributed by atoms with Gasteiger partial charge in [0.05, 0.1) is 0 Å². The highest BCUT2D eigenvalue weighted by atomic mass is 16.5. The molecule has 0 spiro atoms. The third-order valence-corrected chi connectivity index (χ3v) is 4.27. The predicted octanol–water partition coefficient (Wildman–Crippen LogP) is 1.01. The van der Waals surface area contributed by atoms with E-state index in [4.69, 9.17) is 10.5 Å². The Balaban J connectivity index is 1.74. The van der Waals surface area contributed by atoms with Crippen LogP contribution >= 0.6 is 0 Å². The number of nitrogens with zero attached hydrogens (tertiary/aromatic N) is 1. The molecular formula is C17H25N3O3. The van der Waals surface area contributed by atoms with Crippen LogP contribution in [0.4, 0.5) is 0 Å². The molecule has 0 bridgehead atoms. The van der Waals surface area contributed by atoms with E-state index in [1.54, 1.807) is 24.3 Å². The smallest absolute Gasteiger partial charge is 0.260 e. The van der Waals surface area contributed by atoms with Gasteiger partial charge in [0.25, 0.3) is 5.91 Å². The summed E-state index contributed by atoms with van der Waals surface area (Å²) < 4.78 is 5.49. The molecule has 126 valence electrons. The van der Waals surface area contributed by atoms with Crippen LogP contribution in [0.1, 0.15) is 29.6 Å². The first-order valence-electron chi connectivity index (χ1n) is 8.05. The number of amides is 2. The lowest BCUT2D eigenvalue weighted by atomic mass is 9.93. The number of carbonyl (C=O) groups is 2. The molecule has 6 heteroatoms. The average Bonchev–Trinajstić information content (AvgIpc) is 2.58. The van der Waals surface area contributed by atoms with Crippen molar-refractivity contribution >= 4 is 11.8 Å². The number of piperidine rings is 1. The predicted molar refractivity (Wildman–Crippen MR) is 88.3 cm³/mol. The number of rotatable bonds is 7. The zero-order valence-electron chi connectivity index (χ0n) is 13.6. The first-order valence-corrected chi connectivity index (χ1v) is 8.05. The molecule has 0 unspecified atom stereocenters. The molecule has 6 nitrogen and oxygen atoms in total. The molecule has 23 heavy (non-hydrogen) atoms. The highest BCUT2D eigenvalue weighted by Gasteiger charge is 2.22. The maximum absolute atomic E-state index is 12.2. The third kappa shape index (κ3) is 5.25. The Hall–Kier alpha value is -2.08. The Labute approximate surface area is 137 Å². The SMILES string of the molecule is CNCCC1CCN(C(=O)COc2ccc(C(N)=O)cc2)CC1. The van der Waals surface area contributed by atoms with Crippen LogP contribution in [0, 0.1) is 5.92 Å². The Kier molecular flexibility index (Phi) is 6.40. The number of hydrogen-bond donors (Lipinski definition) is 2. The van der Waals surface area contributed by atoms with Crippen LogP contribution in [0.15, 0.2) is 24.3 Å². The van der Waals surface area contributed by atoms with E-state index < -0.39 is 5.91 Å². The molecule has 3 N–H and O–H groups in total. The average molecular weight is 319 g/mol. The quantitative estimate of drug-likeness (QED) is 0.785. The maximum Gasteiger partial charge on any atom is 0.260 e. The van der Waals surface area contributed by atoms with Crippen molar-refractivity contribution < 1.29 is 14.3 Å². The normalized spacial score (nSPS) is 15.4. The number of carbonyl (C=O) groups excluding carboxylic acids is 2. The second-order valence-electron chi connectivity index (χ2n) is 5.89. The van der Waals surface area contributed by atoms with E-state index in [0.29, 0.717) is 17.2 Å². The van der Waals surface area contributed by atoms with E-state index in [2.05, 4.69) is 5.32 Å². The molecule has 1 fully saturated rings. The van der Waals surface area contributed by atoms with Gasteiger partial charge in [-0.2, -0.15) is 0 Å². The van der Waals surface area contributed by atoms with Gasteiger partial charge in [-0.05, 0) is 63.0 Å². The number of hydrogen-bond acceptors (Lipinski definition) is 4. The Morgan fingerprint density at radius 2 is 1.91 bits per heavy atom. The van der Waals surface area contributed by atoms with Crippen molar-refractivity contribution in [3.05, 3.63) is 29.8 Å². The summed E-state index contributed by atoms with van der Waals surface area (Å²) in [6.45, 7) is 2.66. The lowest BCUT2D eigenvalue weighted by Gasteiger charge is -2.32. The van der Waals surface area contributed by atoms with E-state index in [9.17, 15) is 9.59 Å². The summed E-state index contributed by atoms with van der Waals surface area (Å²) >= 11 is 0. The van der Waals surface area contributed by atoms with Crippen LogP contribution in [0.3, 0.4) is 0 Å². The zero-order chi connectivity index (χ0) is 16.7. The molecule has 2 amide bonds. The zero-order valence-corrected chi connectivity index (χ0v) is 13.6. The van der Waals surface area contributed by atoms with E-state index in [1.807, 2.05) is 11.9 Å². The fourth-order valence-electron chi connectivity index (χ4n) is 2.77. The van der Waals surface area contributed by atoms with Crippen molar-refractivity contribution in [2.24, 2.45) is 11.7 Å². The van der Waals surface area contributed by atoms with Crippen molar-refractivity contribution in [1.29, 1.82) is 0 Å². The van der Waals surface area contributed by atoms with Gasteiger partial charge in [0, 0.05) is 18.7 Å². The van der Waals surface area contributed by atoms with E-state index >= 15 is 0 Å². The van der Waals surface area contributed by atoms with Crippen LogP contribution in [0.2, 0.25) is 0 Å². The summed E-state index contributed by atoms with van der Waals surface area (Å²) in [5.74, 6) is 0.797. The van der Waals surface area contributed by atoms with Gasteiger partial charge in [0.15, 0.2) is 6.61 Å². The van der Waals surface area contributed by atoms with E-state index in [1.165, 1.54) is 6.42 Å². The Morgan fingerprint density at radius 3 is 2.48 bits per heavy atom. The molecule has 2 rings (SSSR count). The third-order valence-electron chi connectivity index (χ3n) is 4.27. The van der Waals surface area contributed by atoms with Crippen molar-refractivity contribution in [3.63, 3.8) is 0 Å². The molecule has 0 atom stereocenters. The summed E-state index contributed by atoms with van der Waals surface area (Å²) in [5, 5.41) is 3.17. The minimum Gasteiger partial charge on any atom is -0.484 e. The summed E-state index contributed by atoms with van der Waals surface area (Å²) in [4.78, 5) is 25.0. The number of nitrogens with one attached hydrogen (secondary N) is 1. The summed E-state index contributed by atoms with van der Waals surface area (Å²) in [5.41, 5.74) is 5.60. The molecule has 1 saturated heterocycles. The second-order valence-corrected chi connectivity index (χ2v) is 5.89. The highest BCUT2D eigenvalue weighted by molar-refractivity contribution is 5.92.